The number of para-hydroxylation sites is 1. The average Bonchev–Trinajstić information content (AvgIpc) is 3.46. The van der Waals surface area contributed by atoms with Crippen molar-refractivity contribution in [3.63, 3.8) is 0 Å². The molecule has 2 aliphatic rings. The molecule has 0 N–H and O–H groups in total. The number of carbonyl (C=O) groups is 4. The summed E-state index contributed by atoms with van der Waals surface area (Å²) in [5.74, 6) is -2.50. The molecule has 0 spiro atoms. The minimum atomic E-state index is -0.702. The lowest BCUT2D eigenvalue weighted by atomic mass is 10.0. The first-order chi connectivity index (χ1) is 19.5. The van der Waals surface area contributed by atoms with Crippen molar-refractivity contribution in [3.8, 4) is 5.75 Å². The van der Waals surface area contributed by atoms with Gasteiger partial charge < -0.3 is 9.64 Å². The fraction of sp³-hybridized carbons (Fsp3) is 0.267. The molecule has 11 heteroatoms. The lowest BCUT2D eigenvalue weighted by molar-refractivity contribution is -0.139. The van der Waals surface area contributed by atoms with Gasteiger partial charge in [-0.1, -0.05) is 78.5 Å². The molecule has 3 aromatic carbocycles. The molecule has 0 saturated carbocycles. The van der Waals surface area contributed by atoms with Gasteiger partial charge in [0.1, 0.15) is 5.75 Å². The molecule has 2 heterocycles. The Balaban J connectivity index is 1.36. The zero-order valence-corrected chi connectivity index (χ0v) is 25.3. The zero-order chi connectivity index (χ0) is 29.7. The van der Waals surface area contributed by atoms with Gasteiger partial charge in [-0.3, -0.25) is 19.2 Å². The number of imide groups is 1. The van der Waals surface area contributed by atoms with Crippen LogP contribution in [0.3, 0.4) is 0 Å². The van der Waals surface area contributed by atoms with Crippen LogP contribution in [0.2, 0.25) is 20.1 Å². The molecule has 212 valence electrons. The summed E-state index contributed by atoms with van der Waals surface area (Å²) in [5.41, 5.74) is 3.46. The highest BCUT2D eigenvalue weighted by molar-refractivity contribution is 6.56. The van der Waals surface area contributed by atoms with Crippen LogP contribution in [0, 0.1) is 12.8 Å². The Labute approximate surface area is 256 Å². The van der Waals surface area contributed by atoms with Crippen molar-refractivity contribution in [1.82, 2.24) is 0 Å². The number of aryl methyl sites for hydroxylation is 3. The van der Waals surface area contributed by atoms with Crippen molar-refractivity contribution >= 4 is 81.5 Å². The monoisotopic (exact) mass is 632 g/mol. The third kappa shape index (κ3) is 4.89. The molecular weight excluding hydrogens is 610 g/mol. The van der Waals surface area contributed by atoms with Crippen LogP contribution in [0.25, 0.3) is 0 Å². The van der Waals surface area contributed by atoms with Gasteiger partial charge in [-0.25, -0.2) is 4.90 Å². The van der Waals surface area contributed by atoms with Crippen LogP contribution in [-0.2, 0) is 22.4 Å². The number of esters is 1. The molecule has 1 atom stereocenters. The second-order valence-electron chi connectivity index (χ2n) is 9.86. The Morgan fingerprint density at radius 1 is 0.878 bits per heavy atom. The Hall–Kier alpha value is -3.10. The molecule has 0 unspecified atom stereocenters. The van der Waals surface area contributed by atoms with Gasteiger partial charge in [0.25, 0.3) is 11.8 Å². The van der Waals surface area contributed by atoms with Crippen molar-refractivity contribution in [2.75, 3.05) is 16.3 Å². The van der Waals surface area contributed by atoms with E-state index in [1.54, 1.807) is 11.8 Å². The van der Waals surface area contributed by atoms with Gasteiger partial charge in [-0.2, -0.15) is 0 Å². The maximum atomic E-state index is 13.2. The highest BCUT2D eigenvalue weighted by atomic mass is 35.5. The van der Waals surface area contributed by atoms with Gasteiger partial charge >= 0.3 is 5.97 Å². The SMILES string of the molecule is CCc1cccc(CC)c1N1C[C@@H](C(=O)Oc2ccc(N3C(=O)c4c(Cl)c(Cl)c(Cl)c(Cl)c4C3=O)c(C)c2)CC1=O. The number of amides is 3. The van der Waals surface area contributed by atoms with Crippen LogP contribution in [0.5, 0.6) is 5.75 Å². The van der Waals surface area contributed by atoms with Crippen LogP contribution in [0.1, 0.15) is 57.7 Å². The van der Waals surface area contributed by atoms with Crippen molar-refractivity contribution in [2.24, 2.45) is 5.92 Å². The Kier molecular flexibility index (Phi) is 8.09. The van der Waals surface area contributed by atoms with Gasteiger partial charge in [0.05, 0.1) is 42.8 Å². The number of nitrogens with zero attached hydrogens (tertiary/aromatic N) is 2. The van der Waals surface area contributed by atoms with Gasteiger partial charge in [0.15, 0.2) is 0 Å². The van der Waals surface area contributed by atoms with Crippen LogP contribution >= 0.6 is 46.4 Å². The van der Waals surface area contributed by atoms with E-state index in [4.69, 9.17) is 51.1 Å². The van der Waals surface area contributed by atoms with E-state index in [2.05, 4.69) is 0 Å². The summed E-state index contributed by atoms with van der Waals surface area (Å²) < 4.78 is 5.64. The molecular formula is C30H24Cl4N2O5. The van der Waals surface area contributed by atoms with E-state index in [0.29, 0.717) is 5.56 Å². The van der Waals surface area contributed by atoms with Crippen molar-refractivity contribution in [2.45, 2.75) is 40.0 Å². The molecule has 0 aromatic heterocycles. The molecule has 7 nitrogen and oxygen atoms in total. The highest BCUT2D eigenvalue weighted by Crippen LogP contribution is 2.46. The second-order valence-corrected chi connectivity index (χ2v) is 11.4. The number of fused-ring (bicyclic) bond motifs is 1. The van der Waals surface area contributed by atoms with Gasteiger partial charge in [-0.05, 0) is 54.7 Å². The number of ether oxygens (including phenoxy) is 1. The topological polar surface area (TPSA) is 84.0 Å². The molecule has 0 bridgehead atoms. The van der Waals surface area contributed by atoms with E-state index in [1.165, 1.54) is 18.2 Å². The first-order valence-corrected chi connectivity index (χ1v) is 14.5. The summed E-state index contributed by atoms with van der Waals surface area (Å²) >= 11 is 24.7. The predicted molar refractivity (Wildman–Crippen MR) is 160 cm³/mol. The van der Waals surface area contributed by atoms with Crippen LogP contribution in [-0.4, -0.2) is 30.2 Å². The minimum absolute atomic E-state index is 0.0405. The lowest BCUT2D eigenvalue weighted by Crippen LogP contribution is -2.30. The first kappa shape index (κ1) is 29.4. The number of anilines is 2. The average molecular weight is 634 g/mol. The van der Waals surface area contributed by atoms with Crippen LogP contribution in [0.4, 0.5) is 11.4 Å². The molecule has 3 amide bonds. The number of hydrogen-bond acceptors (Lipinski definition) is 5. The van der Waals surface area contributed by atoms with E-state index in [9.17, 15) is 19.2 Å². The normalized spacial score (nSPS) is 16.6. The van der Waals surface area contributed by atoms with Crippen molar-refractivity contribution < 1.29 is 23.9 Å². The second kappa shape index (κ2) is 11.3. The molecule has 2 aliphatic heterocycles. The lowest BCUT2D eigenvalue weighted by Gasteiger charge is -2.23. The summed E-state index contributed by atoms with van der Waals surface area (Å²) in [7, 11) is 0. The van der Waals surface area contributed by atoms with Gasteiger partial charge in [0, 0.05) is 18.7 Å². The third-order valence-corrected chi connectivity index (χ3v) is 9.22. The van der Waals surface area contributed by atoms with E-state index in [-0.39, 0.29) is 61.5 Å². The summed E-state index contributed by atoms with van der Waals surface area (Å²) in [6.45, 7) is 5.95. The van der Waals surface area contributed by atoms with E-state index in [1.807, 2.05) is 32.0 Å². The molecule has 1 saturated heterocycles. The fourth-order valence-electron chi connectivity index (χ4n) is 5.35. The number of halogens is 4. The molecule has 3 aromatic rings. The van der Waals surface area contributed by atoms with Gasteiger partial charge in [0.2, 0.25) is 5.91 Å². The standard InChI is InChI=1S/C30H24Cl4N2O5/c1-4-15-7-6-8-16(5-2)27(15)35-13-17(12-20(35)37)30(40)41-18-9-10-19(14(3)11-18)36-28(38)21-22(29(36)39)24(32)26(34)25(33)23(21)31/h6-11,17H,4-5,12-13H2,1-3H3/t17-/m0/s1. The number of rotatable bonds is 6. The number of hydrogen-bond donors (Lipinski definition) is 0. The Morgan fingerprint density at radius 3 is 1.95 bits per heavy atom. The number of carbonyl (C=O) groups excluding carboxylic acids is 4. The highest BCUT2D eigenvalue weighted by Gasteiger charge is 2.43. The summed E-state index contributed by atoms with van der Waals surface area (Å²) in [6.07, 6.45) is 1.57. The maximum Gasteiger partial charge on any atom is 0.316 e. The molecule has 0 radical (unpaired) electrons. The van der Waals surface area contributed by atoms with Crippen molar-refractivity contribution in [3.05, 3.63) is 84.3 Å². The summed E-state index contributed by atoms with van der Waals surface area (Å²) in [4.78, 5) is 55.2. The van der Waals surface area contributed by atoms with E-state index >= 15 is 0 Å². The Bertz CT molecular complexity index is 1590. The minimum Gasteiger partial charge on any atom is -0.426 e. The molecule has 41 heavy (non-hydrogen) atoms. The predicted octanol–water partition coefficient (Wildman–Crippen LogP) is 7.49. The molecule has 0 aliphatic carbocycles. The third-order valence-electron chi connectivity index (χ3n) is 7.42. The van der Waals surface area contributed by atoms with Crippen LogP contribution < -0.4 is 14.5 Å². The maximum absolute atomic E-state index is 13.2. The smallest absolute Gasteiger partial charge is 0.316 e. The summed E-state index contributed by atoms with van der Waals surface area (Å²) in [6, 6.07) is 10.5. The largest absolute Gasteiger partial charge is 0.426 e. The fourth-order valence-corrected chi connectivity index (χ4v) is 6.37. The Morgan fingerprint density at radius 2 is 1.44 bits per heavy atom. The quantitative estimate of drug-likeness (QED) is 0.0923. The van der Waals surface area contributed by atoms with Crippen molar-refractivity contribution in [1.29, 1.82) is 0 Å². The summed E-state index contributed by atoms with van der Waals surface area (Å²) in [5, 5.41) is -0.556. The molecule has 5 rings (SSSR count). The van der Waals surface area contributed by atoms with Crippen LogP contribution in [0.15, 0.2) is 36.4 Å². The number of benzene rings is 3. The van der Waals surface area contributed by atoms with E-state index in [0.717, 1.165) is 34.6 Å². The van der Waals surface area contributed by atoms with Gasteiger partial charge in [-0.15, -0.1) is 0 Å². The molecule has 1 fully saturated rings. The zero-order valence-electron chi connectivity index (χ0n) is 22.3. The van der Waals surface area contributed by atoms with E-state index < -0.39 is 23.7 Å². The first-order valence-electron chi connectivity index (χ1n) is 13.0.